The molecular weight excluding hydrogens is 208 g/mol. The molecular formula is C15H20N2. The Morgan fingerprint density at radius 1 is 1.35 bits per heavy atom. The van der Waals surface area contributed by atoms with Crippen LogP contribution in [0.2, 0.25) is 0 Å². The molecule has 0 aliphatic carbocycles. The Balaban J connectivity index is 2.16. The van der Waals surface area contributed by atoms with Crippen molar-refractivity contribution in [2.24, 2.45) is 0 Å². The summed E-state index contributed by atoms with van der Waals surface area (Å²) in [6.45, 7) is 6.75. The number of rotatable bonds is 2. The molecule has 1 atom stereocenters. The van der Waals surface area contributed by atoms with Gasteiger partial charge in [-0.2, -0.15) is 0 Å². The molecule has 0 amide bonds. The van der Waals surface area contributed by atoms with Gasteiger partial charge in [-0.1, -0.05) is 25.1 Å². The molecule has 1 fully saturated rings. The highest BCUT2D eigenvalue weighted by molar-refractivity contribution is 5.87. The molecule has 2 nitrogen and oxygen atoms in total. The van der Waals surface area contributed by atoms with Crippen molar-refractivity contribution in [3.8, 4) is 0 Å². The largest absolute Gasteiger partial charge is 0.358 e. The van der Waals surface area contributed by atoms with Crippen LogP contribution < -0.4 is 5.32 Å². The van der Waals surface area contributed by atoms with E-state index in [4.69, 9.17) is 0 Å². The predicted octanol–water partition coefficient (Wildman–Crippen LogP) is 3.12. The van der Waals surface area contributed by atoms with E-state index in [1.165, 1.54) is 34.1 Å². The SMILES string of the molecule is CCc1cccc2c(C)c(C3CCNC3)[nH]c12. The van der Waals surface area contributed by atoms with Crippen LogP contribution in [0.15, 0.2) is 18.2 Å². The van der Waals surface area contributed by atoms with Gasteiger partial charge in [0.25, 0.3) is 0 Å². The Labute approximate surface area is 102 Å². The number of hydrogen-bond acceptors (Lipinski definition) is 1. The summed E-state index contributed by atoms with van der Waals surface area (Å²) >= 11 is 0. The number of fused-ring (bicyclic) bond motifs is 1. The van der Waals surface area contributed by atoms with Crippen LogP contribution in [0.5, 0.6) is 0 Å². The summed E-state index contributed by atoms with van der Waals surface area (Å²) in [5.41, 5.74) is 5.69. The summed E-state index contributed by atoms with van der Waals surface area (Å²) in [6, 6.07) is 6.65. The minimum atomic E-state index is 0.673. The number of para-hydroxylation sites is 1. The maximum atomic E-state index is 3.69. The van der Waals surface area contributed by atoms with E-state index < -0.39 is 0 Å². The molecule has 0 saturated carbocycles. The summed E-state index contributed by atoms with van der Waals surface area (Å²) in [7, 11) is 0. The lowest BCUT2D eigenvalue weighted by atomic mass is 10.00. The fraction of sp³-hybridized carbons (Fsp3) is 0.467. The van der Waals surface area contributed by atoms with Crippen LogP contribution in [0.4, 0.5) is 0 Å². The van der Waals surface area contributed by atoms with Crippen LogP contribution in [0.25, 0.3) is 10.9 Å². The van der Waals surface area contributed by atoms with E-state index in [1.807, 2.05) is 0 Å². The minimum Gasteiger partial charge on any atom is -0.358 e. The van der Waals surface area contributed by atoms with E-state index >= 15 is 0 Å². The zero-order valence-electron chi connectivity index (χ0n) is 10.6. The highest BCUT2D eigenvalue weighted by Gasteiger charge is 2.21. The second-order valence-electron chi connectivity index (χ2n) is 5.05. The lowest BCUT2D eigenvalue weighted by Gasteiger charge is -2.07. The van der Waals surface area contributed by atoms with E-state index in [0.29, 0.717) is 5.92 Å². The predicted molar refractivity (Wildman–Crippen MR) is 72.6 cm³/mol. The molecule has 1 aliphatic heterocycles. The van der Waals surface area contributed by atoms with Gasteiger partial charge < -0.3 is 10.3 Å². The molecule has 1 aliphatic rings. The van der Waals surface area contributed by atoms with E-state index in [0.717, 1.165) is 19.5 Å². The third-order valence-corrected chi connectivity index (χ3v) is 4.07. The average Bonchev–Trinajstić information content (AvgIpc) is 2.97. The van der Waals surface area contributed by atoms with Gasteiger partial charge >= 0.3 is 0 Å². The Morgan fingerprint density at radius 3 is 2.94 bits per heavy atom. The molecule has 17 heavy (non-hydrogen) atoms. The fourth-order valence-corrected chi connectivity index (χ4v) is 3.04. The number of hydrogen-bond donors (Lipinski definition) is 2. The maximum absolute atomic E-state index is 3.69. The molecule has 0 bridgehead atoms. The van der Waals surface area contributed by atoms with Gasteiger partial charge in [0.2, 0.25) is 0 Å². The molecule has 2 aromatic rings. The summed E-state index contributed by atoms with van der Waals surface area (Å²) < 4.78 is 0. The molecule has 2 heteroatoms. The van der Waals surface area contributed by atoms with E-state index in [1.54, 1.807) is 0 Å². The fourth-order valence-electron chi connectivity index (χ4n) is 3.04. The van der Waals surface area contributed by atoms with Crippen molar-refractivity contribution in [3.05, 3.63) is 35.0 Å². The molecule has 1 saturated heterocycles. The van der Waals surface area contributed by atoms with Crippen molar-refractivity contribution in [2.75, 3.05) is 13.1 Å². The monoisotopic (exact) mass is 228 g/mol. The average molecular weight is 228 g/mol. The highest BCUT2D eigenvalue weighted by atomic mass is 14.9. The summed E-state index contributed by atoms with van der Waals surface area (Å²) in [5, 5.41) is 4.86. The van der Waals surface area contributed by atoms with Crippen LogP contribution in [0, 0.1) is 6.92 Å². The van der Waals surface area contributed by atoms with Crippen LogP contribution in [0.1, 0.15) is 36.1 Å². The second kappa shape index (κ2) is 4.19. The Morgan fingerprint density at radius 2 is 2.24 bits per heavy atom. The van der Waals surface area contributed by atoms with Gasteiger partial charge in [0.1, 0.15) is 0 Å². The van der Waals surface area contributed by atoms with Crippen molar-refractivity contribution < 1.29 is 0 Å². The van der Waals surface area contributed by atoms with Gasteiger partial charge in [-0.15, -0.1) is 0 Å². The topological polar surface area (TPSA) is 27.8 Å². The summed E-state index contributed by atoms with van der Waals surface area (Å²) in [5.74, 6) is 0.673. The first-order chi connectivity index (χ1) is 8.31. The number of aromatic amines is 1. The first kappa shape index (κ1) is 10.8. The first-order valence-corrected chi connectivity index (χ1v) is 6.62. The highest BCUT2D eigenvalue weighted by Crippen LogP contribution is 2.31. The normalized spacial score (nSPS) is 20.2. The zero-order chi connectivity index (χ0) is 11.8. The van der Waals surface area contributed by atoms with Gasteiger partial charge in [0.05, 0.1) is 0 Å². The molecule has 3 rings (SSSR count). The molecule has 1 aromatic carbocycles. The lowest BCUT2D eigenvalue weighted by molar-refractivity contribution is 0.737. The first-order valence-electron chi connectivity index (χ1n) is 6.62. The summed E-state index contributed by atoms with van der Waals surface area (Å²) in [4.78, 5) is 3.69. The van der Waals surface area contributed by atoms with Crippen LogP contribution in [-0.2, 0) is 6.42 Å². The van der Waals surface area contributed by atoms with Crippen molar-refractivity contribution in [1.82, 2.24) is 10.3 Å². The van der Waals surface area contributed by atoms with E-state index in [2.05, 4.69) is 42.3 Å². The Hall–Kier alpha value is -1.28. The molecule has 90 valence electrons. The molecule has 0 spiro atoms. The van der Waals surface area contributed by atoms with Crippen LogP contribution >= 0.6 is 0 Å². The third kappa shape index (κ3) is 1.67. The molecule has 1 aromatic heterocycles. The molecule has 2 N–H and O–H groups in total. The van der Waals surface area contributed by atoms with Crippen molar-refractivity contribution in [1.29, 1.82) is 0 Å². The maximum Gasteiger partial charge on any atom is 0.0491 e. The molecule has 2 heterocycles. The summed E-state index contributed by atoms with van der Waals surface area (Å²) in [6.07, 6.45) is 2.36. The Kier molecular flexibility index (Phi) is 2.67. The van der Waals surface area contributed by atoms with Crippen molar-refractivity contribution >= 4 is 10.9 Å². The second-order valence-corrected chi connectivity index (χ2v) is 5.05. The number of benzene rings is 1. The number of nitrogens with one attached hydrogen (secondary N) is 2. The van der Waals surface area contributed by atoms with Crippen LogP contribution in [-0.4, -0.2) is 18.1 Å². The number of H-pyrrole nitrogens is 1. The number of aryl methyl sites for hydroxylation is 2. The minimum absolute atomic E-state index is 0.673. The van der Waals surface area contributed by atoms with Gasteiger partial charge in [-0.3, -0.25) is 0 Å². The van der Waals surface area contributed by atoms with E-state index in [-0.39, 0.29) is 0 Å². The zero-order valence-corrected chi connectivity index (χ0v) is 10.6. The van der Waals surface area contributed by atoms with Gasteiger partial charge in [0.15, 0.2) is 0 Å². The van der Waals surface area contributed by atoms with Gasteiger partial charge in [-0.25, -0.2) is 0 Å². The van der Waals surface area contributed by atoms with Gasteiger partial charge in [0, 0.05) is 29.1 Å². The Bertz CT molecular complexity index is 533. The third-order valence-electron chi connectivity index (χ3n) is 4.07. The molecule has 0 radical (unpaired) electrons. The van der Waals surface area contributed by atoms with E-state index in [9.17, 15) is 0 Å². The quantitative estimate of drug-likeness (QED) is 0.812. The molecule has 1 unspecified atom stereocenters. The van der Waals surface area contributed by atoms with Gasteiger partial charge in [-0.05, 0) is 37.4 Å². The standard InChI is InChI=1S/C15H20N2/c1-3-11-5-4-6-13-10(2)14(17-15(11)13)12-7-8-16-9-12/h4-6,12,16-17H,3,7-9H2,1-2H3. The van der Waals surface area contributed by atoms with Crippen molar-refractivity contribution in [3.63, 3.8) is 0 Å². The van der Waals surface area contributed by atoms with Crippen molar-refractivity contribution in [2.45, 2.75) is 32.6 Å². The number of aromatic nitrogens is 1. The van der Waals surface area contributed by atoms with Crippen LogP contribution in [0.3, 0.4) is 0 Å². The smallest absolute Gasteiger partial charge is 0.0491 e. The lowest BCUT2D eigenvalue weighted by Crippen LogP contribution is -2.08.